The van der Waals surface area contributed by atoms with Crippen molar-refractivity contribution in [3.8, 4) is 5.69 Å². The Kier molecular flexibility index (Phi) is 3.98. The third kappa shape index (κ3) is 2.89. The van der Waals surface area contributed by atoms with Crippen LogP contribution >= 0.6 is 11.8 Å². The molecule has 0 fully saturated rings. The van der Waals surface area contributed by atoms with Crippen molar-refractivity contribution in [1.82, 2.24) is 19.7 Å². The Morgan fingerprint density at radius 1 is 1.32 bits per heavy atom. The van der Waals surface area contributed by atoms with Crippen molar-refractivity contribution in [2.75, 3.05) is 5.75 Å². The lowest BCUT2D eigenvalue weighted by Crippen LogP contribution is -2.10. The van der Waals surface area contributed by atoms with Crippen LogP contribution in [-0.4, -0.2) is 25.5 Å². The van der Waals surface area contributed by atoms with Gasteiger partial charge in [0.25, 0.3) is 5.56 Å². The first-order valence-corrected chi connectivity index (χ1v) is 7.90. The summed E-state index contributed by atoms with van der Waals surface area (Å²) in [4.78, 5) is 19.4. The Morgan fingerprint density at radius 2 is 2.05 bits per heavy atom. The van der Waals surface area contributed by atoms with Gasteiger partial charge in [-0.05, 0) is 30.2 Å². The van der Waals surface area contributed by atoms with Crippen molar-refractivity contribution in [2.45, 2.75) is 19.0 Å². The molecule has 0 aliphatic rings. The minimum atomic E-state index is -0.320. The SMILES string of the molecule is CC(C)CSc1nc2c(cnn2-c2ccc(F)cc2)c(=O)[nH]1. The lowest BCUT2D eigenvalue weighted by Gasteiger charge is -2.05. The van der Waals surface area contributed by atoms with Gasteiger partial charge in [-0.25, -0.2) is 14.1 Å². The predicted octanol–water partition coefficient (Wildman–Crippen LogP) is 3.00. The normalized spacial score (nSPS) is 11.5. The number of nitrogens with zero attached hydrogens (tertiary/aromatic N) is 3. The van der Waals surface area contributed by atoms with E-state index in [4.69, 9.17) is 0 Å². The number of aromatic amines is 1. The minimum absolute atomic E-state index is 0.218. The lowest BCUT2D eigenvalue weighted by atomic mass is 10.3. The van der Waals surface area contributed by atoms with Crippen LogP contribution < -0.4 is 5.56 Å². The van der Waals surface area contributed by atoms with E-state index in [1.165, 1.54) is 30.1 Å². The van der Waals surface area contributed by atoms with Crippen molar-refractivity contribution < 1.29 is 4.39 Å². The molecule has 0 aliphatic heterocycles. The summed E-state index contributed by atoms with van der Waals surface area (Å²) in [6, 6.07) is 5.91. The van der Waals surface area contributed by atoms with Gasteiger partial charge in [-0.3, -0.25) is 4.79 Å². The van der Waals surface area contributed by atoms with Gasteiger partial charge in [0, 0.05) is 5.75 Å². The monoisotopic (exact) mass is 318 g/mol. The molecule has 0 amide bonds. The summed E-state index contributed by atoms with van der Waals surface area (Å²) in [5.41, 5.74) is 0.917. The Labute approximate surface area is 130 Å². The van der Waals surface area contributed by atoms with E-state index in [9.17, 15) is 9.18 Å². The molecule has 114 valence electrons. The number of aromatic nitrogens is 4. The Bertz CT molecular complexity index is 854. The number of fused-ring (bicyclic) bond motifs is 1. The Hall–Kier alpha value is -2.15. The van der Waals surface area contributed by atoms with E-state index in [1.807, 2.05) is 0 Å². The Morgan fingerprint density at radius 3 is 2.73 bits per heavy atom. The average molecular weight is 318 g/mol. The lowest BCUT2D eigenvalue weighted by molar-refractivity contribution is 0.627. The van der Waals surface area contributed by atoms with Crippen LogP contribution in [0.2, 0.25) is 0 Å². The molecule has 0 saturated carbocycles. The van der Waals surface area contributed by atoms with Gasteiger partial charge in [-0.15, -0.1) is 0 Å². The number of thioether (sulfide) groups is 1. The number of rotatable bonds is 4. The number of hydrogen-bond acceptors (Lipinski definition) is 4. The molecule has 5 nitrogen and oxygen atoms in total. The van der Waals surface area contributed by atoms with E-state index in [1.54, 1.807) is 16.8 Å². The molecule has 0 bridgehead atoms. The first-order chi connectivity index (χ1) is 10.5. The molecule has 1 N–H and O–H groups in total. The smallest absolute Gasteiger partial charge is 0.262 e. The molecule has 0 unspecified atom stereocenters. The number of H-pyrrole nitrogens is 1. The highest BCUT2D eigenvalue weighted by atomic mass is 32.2. The van der Waals surface area contributed by atoms with Crippen LogP contribution in [0.15, 0.2) is 40.4 Å². The Balaban J connectivity index is 2.08. The fraction of sp³-hybridized carbons (Fsp3) is 0.267. The minimum Gasteiger partial charge on any atom is -0.301 e. The molecule has 0 radical (unpaired) electrons. The average Bonchev–Trinajstić information content (AvgIpc) is 2.90. The molecule has 3 rings (SSSR count). The maximum atomic E-state index is 13.0. The molecule has 2 heterocycles. The summed E-state index contributed by atoms with van der Waals surface area (Å²) in [6.07, 6.45) is 1.47. The molecule has 1 aromatic carbocycles. The third-order valence-corrected chi connectivity index (χ3v) is 4.34. The molecular weight excluding hydrogens is 303 g/mol. The van der Waals surface area contributed by atoms with Crippen LogP contribution in [-0.2, 0) is 0 Å². The van der Waals surface area contributed by atoms with Gasteiger partial charge in [0.1, 0.15) is 11.2 Å². The summed E-state index contributed by atoms with van der Waals surface area (Å²) in [5, 5.41) is 5.17. The standard InChI is InChI=1S/C15H15FN4OS/c1-9(2)8-22-15-18-13-12(14(21)19-15)7-17-20(13)11-5-3-10(16)4-6-11/h3-7,9H,8H2,1-2H3,(H,18,19,21). The van der Waals surface area contributed by atoms with Gasteiger partial charge in [-0.1, -0.05) is 25.6 Å². The summed E-state index contributed by atoms with van der Waals surface area (Å²) >= 11 is 1.50. The first kappa shape index (κ1) is 14.8. The molecule has 22 heavy (non-hydrogen) atoms. The van der Waals surface area contributed by atoms with Gasteiger partial charge in [-0.2, -0.15) is 5.10 Å². The van der Waals surface area contributed by atoms with E-state index < -0.39 is 0 Å². The summed E-state index contributed by atoms with van der Waals surface area (Å²) in [6.45, 7) is 4.21. The maximum Gasteiger partial charge on any atom is 0.262 e. The van der Waals surface area contributed by atoms with Gasteiger partial charge >= 0.3 is 0 Å². The fourth-order valence-electron chi connectivity index (χ4n) is 1.98. The molecular formula is C15H15FN4OS. The molecule has 0 atom stereocenters. The number of benzene rings is 1. The second kappa shape index (κ2) is 5.92. The van der Waals surface area contributed by atoms with Crippen LogP contribution in [0.4, 0.5) is 4.39 Å². The highest BCUT2D eigenvalue weighted by molar-refractivity contribution is 7.99. The van der Waals surface area contributed by atoms with E-state index >= 15 is 0 Å². The molecule has 3 aromatic rings. The zero-order chi connectivity index (χ0) is 15.7. The molecule has 2 aromatic heterocycles. The van der Waals surface area contributed by atoms with Gasteiger partial charge in [0.15, 0.2) is 10.8 Å². The van der Waals surface area contributed by atoms with Crippen LogP contribution in [0.1, 0.15) is 13.8 Å². The topological polar surface area (TPSA) is 63.6 Å². The molecule has 0 saturated heterocycles. The number of halogens is 1. The first-order valence-electron chi connectivity index (χ1n) is 6.91. The summed E-state index contributed by atoms with van der Waals surface area (Å²) < 4.78 is 14.6. The highest BCUT2D eigenvalue weighted by Crippen LogP contribution is 2.19. The van der Waals surface area contributed by atoms with Crippen LogP contribution in [0.3, 0.4) is 0 Å². The molecule has 0 spiro atoms. The van der Waals surface area contributed by atoms with Crippen molar-refractivity contribution in [1.29, 1.82) is 0 Å². The van der Waals surface area contributed by atoms with Crippen LogP contribution in [0.25, 0.3) is 16.7 Å². The van der Waals surface area contributed by atoms with Gasteiger partial charge in [0.2, 0.25) is 0 Å². The van der Waals surface area contributed by atoms with Gasteiger partial charge in [0.05, 0.1) is 11.9 Å². The van der Waals surface area contributed by atoms with E-state index in [2.05, 4.69) is 28.9 Å². The quantitative estimate of drug-likeness (QED) is 0.593. The predicted molar refractivity (Wildman–Crippen MR) is 85.0 cm³/mol. The van der Waals surface area contributed by atoms with Crippen molar-refractivity contribution in [3.05, 3.63) is 46.6 Å². The second-order valence-corrected chi connectivity index (χ2v) is 6.35. The van der Waals surface area contributed by atoms with Crippen molar-refractivity contribution in [2.24, 2.45) is 5.92 Å². The molecule has 7 heteroatoms. The van der Waals surface area contributed by atoms with E-state index in [-0.39, 0.29) is 11.4 Å². The van der Waals surface area contributed by atoms with E-state index in [0.717, 1.165) is 5.75 Å². The fourth-order valence-corrected chi connectivity index (χ4v) is 2.79. The number of hydrogen-bond donors (Lipinski definition) is 1. The van der Waals surface area contributed by atoms with Crippen molar-refractivity contribution >= 4 is 22.8 Å². The zero-order valence-electron chi connectivity index (χ0n) is 12.2. The largest absolute Gasteiger partial charge is 0.301 e. The van der Waals surface area contributed by atoms with Gasteiger partial charge < -0.3 is 4.98 Å². The van der Waals surface area contributed by atoms with E-state index in [0.29, 0.717) is 27.8 Å². The van der Waals surface area contributed by atoms with Crippen LogP contribution in [0.5, 0.6) is 0 Å². The zero-order valence-corrected chi connectivity index (χ0v) is 13.0. The maximum absolute atomic E-state index is 13.0. The van der Waals surface area contributed by atoms with Crippen molar-refractivity contribution in [3.63, 3.8) is 0 Å². The highest BCUT2D eigenvalue weighted by Gasteiger charge is 2.12. The number of nitrogens with one attached hydrogen (secondary N) is 1. The third-order valence-electron chi connectivity index (χ3n) is 3.04. The van der Waals surface area contributed by atoms with Crippen LogP contribution in [0, 0.1) is 11.7 Å². The summed E-state index contributed by atoms with van der Waals surface area (Å²) in [7, 11) is 0. The summed E-state index contributed by atoms with van der Waals surface area (Å²) in [5.74, 6) is 1.03. The second-order valence-electron chi connectivity index (χ2n) is 5.35. The molecule has 0 aliphatic carbocycles.